The van der Waals surface area contributed by atoms with Crippen LogP contribution >= 0.6 is 12.2 Å². The summed E-state index contributed by atoms with van der Waals surface area (Å²) in [6.45, 7) is 3.72. The zero-order valence-corrected chi connectivity index (χ0v) is 10.8. The van der Waals surface area contributed by atoms with Crippen molar-refractivity contribution in [1.82, 2.24) is 5.32 Å². The molecule has 0 aliphatic carbocycles. The minimum Gasteiger partial charge on any atom is -0.391 e. The first-order valence-corrected chi connectivity index (χ1v) is 5.83. The monoisotopic (exact) mass is 251 g/mol. The van der Waals surface area contributed by atoms with Crippen molar-refractivity contribution < 1.29 is 4.79 Å². The molecular formula is C12H17N3OS. The minimum absolute atomic E-state index is 0.281. The van der Waals surface area contributed by atoms with E-state index < -0.39 is 5.54 Å². The molecule has 0 saturated heterocycles. The molecule has 1 rings (SSSR count). The van der Waals surface area contributed by atoms with Gasteiger partial charge in [-0.1, -0.05) is 37.3 Å². The number of rotatable bonds is 4. The lowest BCUT2D eigenvalue weighted by Crippen LogP contribution is -2.55. The average Bonchev–Trinajstić information content (AvgIpc) is 2.29. The third kappa shape index (κ3) is 3.71. The topological polar surface area (TPSA) is 67.2 Å². The molecule has 1 atom stereocenters. The summed E-state index contributed by atoms with van der Waals surface area (Å²) in [5.74, 6) is 0. The van der Waals surface area contributed by atoms with Gasteiger partial charge in [-0.25, -0.2) is 4.79 Å². The first kappa shape index (κ1) is 13.4. The molecule has 0 heterocycles. The van der Waals surface area contributed by atoms with Crippen molar-refractivity contribution in [3.63, 3.8) is 0 Å². The molecule has 4 N–H and O–H groups in total. The third-order valence-electron chi connectivity index (χ3n) is 2.67. The first-order chi connectivity index (χ1) is 7.98. The molecule has 5 heteroatoms. The summed E-state index contributed by atoms with van der Waals surface area (Å²) in [5.41, 5.74) is 5.68. The fourth-order valence-electron chi connectivity index (χ4n) is 1.26. The van der Waals surface area contributed by atoms with Gasteiger partial charge in [-0.3, -0.25) is 0 Å². The number of benzene rings is 1. The number of amides is 2. The Morgan fingerprint density at radius 1 is 1.41 bits per heavy atom. The van der Waals surface area contributed by atoms with Crippen LogP contribution in [0.15, 0.2) is 30.3 Å². The minimum atomic E-state index is -0.659. The summed E-state index contributed by atoms with van der Waals surface area (Å²) in [7, 11) is 0. The van der Waals surface area contributed by atoms with Gasteiger partial charge in [0.1, 0.15) is 0 Å². The van der Waals surface area contributed by atoms with Crippen LogP contribution in [0, 0.1) is 0 Å². The van der Waals surface area contributed by atoms with E-state index in [1.807, 2.05) is 37.3 Å². The van der Waals surface area contributed by atoms with Crippen LogP contribution in [-0.4, -0.2) is 16.6 Å². The molecular weight excluding hydrogens is 234 g/mol. The van der Waals surface area contributed by atoms with Gasteiger partial charge in [0.25, 0.3) is 0 Å². The van der Waals surface area contributed by atoms with Gasteiger partial charge in [0.2, 0.25) is 0 Å². The summed E-state index contributed by atoms with van der Waals surface area (Å²) in [4.78, 5) is 12.0. The second-order valence-corrected chi connectivity index (χ2v) is 4.43. The highest BCUT2D eigenvalue weighted by Crippen LogP contribution is 2.11. The maximum absolute atomic E-state index is 11.8. The van der Waals surface area contributed by atoms with E-state index in [1.165, 1.54) is 0 Å². The number of urea groups is 1. The van der Waals surface area contributed by atoms with E-state index in [0.717, 1.165) is 5.69 Å². The van der Waals surface area contributed by atoms with Crippen LogP contribution in [0.3, 0.4) is 0 Å². The number of carbonyl (C=O) groups excluding carboxylic acids is 1. The van der Waals surface area contributed by atoms with Crippen LogP contribution in [0.2, 0.25) is 0 Å². The normalized spacial score (nSPS) is 13.5. The van der Waals surface area contributed by atoms with Crippen LogP contribution in [-0.2, 0) is 0 Å². The molecule has 92 valence electrons. The first-order valence-electron chi connectivity index (χ1n) is 5.42. The van der Waals surface area contributed by atoms with Crippen molar-refractivity contribution >= 4 is 28.9 Å². The van der Waals surface area contributed by atoms with Crippen molar-refractivity contribution in [3.8, 4) is 0 Å². The summed E-state index contributed by atoms with van der Waals surface area (Å²) in [5, 5.41) is 5.50. The Morgan fingerprint density at radius 3 is 2.47 bits per heavy atom. The Labute approximate surface area is 107 Å². The molecule has 4 nitrogen and oxygen atoms in total. The Kier molecular flexibility index (Phi) is 4.45. The van der Waals surface area contributed by atoms with Crippen molar-refractivity contribution in [2.24, 2.45) is 5.73 Å². The van der Waals surface area contributed by atoms with Crippen molar-refractivity contribution in [2.75, 3.05) is 5.32 Å². The number of hydrogen-bond acceptors (Lipinski definition) is 2. The maximum Gasteiger partial charge on any atom is 0.320 e. The van der Waals surface area contributed by atoms with Crippen LogP contribution in [0.1, 0.15) is 20.3 Å². The van der Waals surface area contributed by atoms with Gasteiger partial charge >= 0.3 is 6.03 Å². The van der Waals surface area contributed by atoms with Gasteiger partial charge in [-0.2, -0.15) is 0 Å². The van der Waals surface area contributed by atoms with Crippen molar-refractivity contribution in [3.05, 3.63) is 30.3 Å². The van der Waals surface area contributed by atoms with Crippen LogP contribution in [0.25, 0.3) is 0 Å². The Hall–Kier alpha value is -1.62. The largest absolute Gasteiger partial charge is 0.391 e. The number of anilines is 1. The lowest BCUT2D eigenvalue weighted by atomic mass is 9.99. The van der Waals surface area contributed by atoms with Gasteiger partial charge in [0.05, 0.1) is 10.5 Å². The number of hydrogen-bond donors (Lipinski definition) is 3. The highest BCUT2D eigenvalue weighted by molar-refractivity contribution is 7.80. The van der Waals surface area contributed by atoms with Gasteiger partial charge in [-0.05, 0) is 25.5 Å². The van der Waals surface area contributed by atoms with Gasteiger partial charge in [0, 0.05) is 5.69 Å². The molecule has 17 heavy (non-hydrogen) atoms. The average molecular weight is 251 g/mol. The van der Waals surface area contributed by atoms with Gasteiger partial charge in [-0.15, -0.1) is 0 Å². The van der Waals surface area contributed by atoms with Crippen molar-refractivity contribution in [2.45, 2.75) is 25.8 Å². The molecule has 1 aromatic rings. The second-order valence-electron chi connectivity index (χ2n) is 4.00. The van der Waals surface area contributed by atoms with E-state index in [4.69, 9.17) is 18.0 Å². The predicted octanol–water partition coefficient (Wildman–Crippen LogP) is 2.26. The van der Waals surface area contributed by atoms with Crippen LogP contribution in [0.5, 0.6) is 0 Å². The molecule has 1 unspecified atom stereocenters. The summed E-state index contributed by atoms with van der Waals surface area (Å²) < 4.78 is 0. The van der Waals surface area contributed by atoms with E-state index in [0.29, 0.717) is 6.42 Å². The van der Waals surface area contributed by atoms with E-state index in [2.05, 4.69) is 10.6 Å². The second kappa shape index (κ2) is 5.63. The lowest BCUT2D eigenvalue weighted by molar-refractivity contribution is 0.245. The molecule has 0 aliphatic rings. The molecule has 0 spiro atoms. The molecule has 0 aliphatic heterocycles. The van der Waals surface area contributed by atoms with Gasteiger partial charge < -0.3 is 16.4 Å². The van der Waals surface area contributed by atoms with Crippen LogP contribution in [0.4, 0.5) is 10.5 Å². The standard InChI is InChI=1S/C12H17N3OS/c1-3-12(2,10(13)17)15-11(16)14-9-7-5-4-6-8-9/h4-8H,3H2,1-2H3,(H2,13,17)(H2,14,15,16). The predicted molar refractivity (Wildman–Crippen MR) is 74.1 cm³/mol. The third-order valence-corrected chi connectivity index (χ3v) is 3.12. The number of carbonyl (C=O) groups is 1. The smallest absolute Gasteiger partial charge is 0.320 e. The number of nitrogens with one attached hydrogen (secondary N) is 2. The molecule has 1 aromatic carbocycles. The van der Waals surface area contributed by atoms with E-state index >= 15 is 0 Å². The fourth-order valence-corrected chi connectivity index (χ4v) is 1.45. The Balaban J connectivity index is 2.64. The van der Waals surface area contributed by atoms with Gasteiger partial charge in [0.15, 0.2) is 0 Å². The molecule has 0 radical (unpaired) electrons. The number of thiocarbonyl (C=S) groups is 1. The van der Waals surface area contributed by atoms with Crippen molar-refractivity contribution in [1.29, 1.82) is 0 Å². The molecule has 0 saturated carbocycles. The van der Waals surface area contributed by atoms with Crippen LogP contribution < -0.4 is 16.4 Å². The zero-order chi connectivity index (χ0) is 12.9. The lowest BCUT2D eigenvalue weighted by Gasteiger charge is -2.28. The summed E-state index contributed by atoms with van der Waals surface area (Å²) >= 11 is 4.95. The molecule has 2 amide bonds. The highest BCUT2D eigenvalue weighted by Gasteiger charge is 2.27. The highest BCUT2D eigenvalue weighted by atomic mass is 32.1. The summed E-state index contributed by atoms with van der Waals surface area (Å²) in [6, 6.07) is 8.89. The van der Waals surface area contributed by atoms with E-state index in [9.17, 15) is 4.79 Å². The Morgan fingerprint density at radius 2 is 2.00 bits per heavy atom. The fraction of sp³-hybridized carbons (Fsp3) is 0.333. The maximum atomic E-state index is 11.8. The molecule has 0 aromatic heterocycles. The molecule has 0 bridgehead atoms. The zero-order valence-electron chi connectivity index (χ0n) is 9.99. The Bertz CT molecular complexity index is 407. The van der Waals surface area contributed by atoms with E-state index in [1.54, 1.807) is 6.92 Å². The van der Waals surface area contributed by atoms with E-state index in [-0.39, 0.29) is 11.0 Å². The number of para-hydroxylation sites is 1. The number of nitrogens with two attached hydrogens (primary N) is 1. The SMILES string of the molecule is CCC(C)(NC(=O)Nc1ccccc1)C(N)=S. The summed E-state index contributed by atoms with van der Waals surface area (Å²) in [6.07, 6.45) is 0.643. The molecule has 0 fully saturated rings. The quantitative estimate of drug-likeness (QED) is 0.719.